The van der Waals surface area contributed by atoms with Gasteiger partial charge < -0.3 is 10.2 Å². The lowest BCUT2D eigenvalue weighted by Gasteiger charge is -2.29. The molecule has 3 N–H and O–H groups in total. The lowest BCUT2D eigenvalue weighted by atomic mass is 10.1. The van der Waals surface area contributed by atoms with Crippen LogP contribution in [0.25, 0.3) is 0 Å². The number of piperazine rings is 1. The molecule has 64 valence electrons. The van der Waals surface area contributed by atoms with Gasteiger partial charge >= 0.3 is 0 Å². The Hall–Kier alpha value is -0.0800. The summed E-state index contributed by atoms with van der Waals surface area (Å²) in [5.41, 5.74) is 0. The Morgan fingerprint density at radius 1 is 1.09 bits per heavy atom. The maximum atomic E-state index is 2.50. The molecule has 2 rings (SSSR count). The summed E-state index contributed by atoms with van der Waals surface area (Å²) >= 11 is 0. The molecule has 2 heterocycles. The predicted octanol–water partition coefficient (Wildman–Crippen LogP) is -1.61. The molecule has 2 atom stereocenters. The van der Waals surface area contributed by atoms with E-state index in [1.807, 2.05) is 4.90 Å². The van der Waals surface area contributed by atoms with E-state index in [-0.39, 0.29) is 0 Å². The number of nitrogens with one attached hydrogen (secondary N) is 1. The van der Waals surface area contributed by atoms with E-state index < -0.39 is 0 Å². The van der Waals surface area contributed by atoms with E-state index in [0.717, 1.165) is 6.04 Å². The first-order valence-corrected chi connectivity index (χ1v) is 5.13. The van der Waals surface area contributed by atoms with Gasteiger partial charge in [0.15, 0.2) is 0 Å². The van der Waals surface area contributed by atoms with Crippen LogP contribution in [0.15, 0.2) is 0 Å². The number of quaternary nitrogens is 2. The Kier molecular flexibility index (Phi) is 2.44. The monoisotopic (exact) mass is 156 g/mol. The standard InChI is InChI=1S/C9H18N2/c1-2-4-9-8-10-5-7-11(9)6-3-1/h9-10H,1-8H2/p+2/t9-/m1/s1. The fourth-order valence-electron chi connectivity index (χ4n) is 2.55. The van der Waals surface area contributed by atoms with E-state index in [1.54, 1.807) is 0 Å². The van der Waals surface area contributed by atoms with Crippen molar-refractivity contribution in [1.29, 1.82) is 0 Å². The second-order valence-corrected chi connectivity index (χ2v) is 4.02. The minimum absolute atomic E-state index is 1.01. The summed E-state index contributed by atoms with van der Waals surface area (Å²) in [5.74, 6) is 0. The topological polar surface area (TPSA) is 21.1 Å². The molecule has 2 nitrogen and oxygen atoms in total. The highest BCUT2D eigenvalue weighted by Crippen LogP contribution is 2.04. The highest BCUT2D eigenvalue weighted by atomic mass is 15.2. The zero-order valence-electron chi connectivity index (χ0n) is 7.31. The Morgan fingerprint density at radius 3 is 3.09 bits per heavy atom. The predicted molar refractivity (Wildman–Crippen MR) is 44.6 cm³/mol. The van der Waals surface area contributed by atoms with Crippen LogP contribution < -0.4 is 10.2 Å². The van der Waals surface area contributed by atoms with Crippen molar-refractivity contribution in [2.45, 2.75) is 31.7 Å². The molecule has 2 saturated heterocycles. The van der Waals surface area contributed by atoms with Crippen molar-refractivity contribution >= 4 is 0 Å². The van der Waals surface area contributed by atoms with E-state index in [2.05, 4.69) is 5.32 Å². The highest BCUT2D eigenvalue weighted by Gasteiger charge is 2.28. The zero-order valence-corrected chi connectivity index (χ0v) is 7.31. The van der Waals surface area contributed by atoms with Crippen LogP contribution in [0.5, 0.6) is 0 Å². The molecule has 0 aromatic rings. The molecular weight excluding hydrogens is 136 g/mol. The van der Waals surface area contributed by atoms with Gasteiger partial charge in [0.2, 0.25) is 0 Å². The van der Waals surface area contributed by atoms with Gasteiger partial charge in [-0.15, -0.1) is 0 Å². The van der Waals surface area contributed by atoms with E-state index in [4.69, 9.17) is 0 Å². The first-order valence-electron chi connectivity index (χ1n) is 5.13. The van der Waals surface area contributed by atoms with Crippen LogP contribution in [-0.4, -0.2) is 32.2 Å². The summed E-state index contributed by atoms with van der Waals surface area (Å²) in [4.78, 5) is 1.91. The van der Waals surface area contributed by atoms with Gasteiger partial charge in [-0.05, 0) is 19.3 Å². The zero-order chi connectivity index (χ0) is 7.52. The fraction of sp³-hybridized carbons (Fsp3) is 1.00. The van der Waals surface area contributed by atoms with Crippen LogP contribution in [0.3, 0.4) is 0 Å². The van der Waals surface area contributed by atoms with Gasteiger partial charge in [0.1, 0.15) is 25.7 Å². The van der Waals surface area contributed by atoms with Crippen LogP contribution >= 0.6 is 0 Å². The molecule has 1 unspecified atom stereocenters. The Bertz CT molecular complexity index is 111. The van der Waals surface area contributed by atoms with Crippen molar-refractivity contribution in [3.8, 4) is 0 Å². The molecule has 2 heteroatoms. The van der Waals surface area contributed by atoms with E-state index >= 15 is 0 Å². The Labute approximate surface area is 69.0 Å². The lowest BCUT2D eigenvalue weighted by Crippen LogP contribution is -3.23. The number of fused-ring (bicyclic) bond motifs is 1. The van der Waals surface area contributed by atoms with Gasteiger partial charge in [0, 0.05) is 6.42 Å². The van der Waals surface area contributed by atoms with Crippen molar-refractivity contribution in [2.75, 3.05) is 26.2 Å². The van der Waals surface area contributed by atoms with Crippen molar-refractivity contribution in [3.05, 3.63) is 0 Å². The van der Waals surface area contributed by atoms with Crippen molar-refractivity contribution in [1.82, 2.24) is 0 Å². The molecule has 0 aromatic heterocycles. The molecule has 0 spiro atoms. The molecule has 0 aliphatic carbocycles. The molecular formula is C9H20N2+2. The molecule has 2 aliphatic heterocycles. The number of rotatable bonds is 0. The second-order valence-electron chi connectivity index (χ2n) is 4.02. The van der Waals surface area contributed by atoms with Gasteiger partial charge in [-0.1, -0.05) is 0 Å². The molecule has 2 fully saturated rings. The summed E-state index contributed by atoms with van der Waals surface area (Å²) in [6.07, 6.45) is 5.94. The van der Waals surface area contributed by atoms with E-state index in [9.17, 15) is 0 Å². The van der Waals surface area contributed by atoms with Crippen molar-refractivity contribution in [3.63, 3.8) is 0 Å². The van der Waals surface area contributed by atoms with Crippen molar-refractivity contribution < 1.29 is 10.2 Å². The van der Waals surface area contributed by atoms with Gasteiger partial charge in [-0.2, -0.15) is 0 Å². The molecule has 0 aromatic carbocycles. The van der Waals surface area contributed by atoms with Crippen LogP contribution in [0.4, 0.5) is 0 Å². The van der Waals surface area contributed by atoms with E-state index in [0.29, 0.717) is 0 Å². The normalized spacial score (nSPS) is 39.3. The summed E-state index contributed by atoms with van der Waals surface area (Å²) in [6, 6.07) is 1.01. The third-order valence-corrected chi connectivity index (χ3v) is 3.25. The minimum atomic E-state index is 1.01. The number of hydrogen-bond acceptors (Lipinski definition) is 0. The van der Waals surface area contributed by atoms with Crippen LogP contribution in [0.2, 0.25) is 0 Å². The average Bonchev–Trinajstić information content (AvgIpc) is 2.28. The van der Waals surface area contributed by atoms with Gasteiger partial charge in [-0.3, -0.25) is 0 Å². The maximum absolute atomic E-state index is 2.50. The SMILES string of the molecule is C1CC[C@@H]2C[NH2+]CC[NH+]2CC1. The minimum Gasteiger partial charge on any atom is -0.337 e. The first-order chi connectivity index (χ1) is 5.47. The fourth-order valence-corrected chi connectivity index (χ4v) is 2.55. The average molecular weight is 156 g/mol. The van der Waals surface area contributed by atoms with E-state index in [1.165, 1.54) is 51.9 Å². The first kappa shape index (κ1) is 7.56. The molecule has 0 amide bonds. The Morgan fingerprint density at radius 2 is 2.09 bits per heavy atom. The summed E-state index contributed by atoms with van der Waals surface area (Å²) < 4.78 is 0. The maximum Gasteiger partial charge on any atom is 0.137 e. The number of nitrogens with two attached hydrogens (primary N) is 1. The smallest absolute Gasteiger partial charge is 0.137 e. The molecule has 0 bridgehead atoms. The molecule has 0 saturated carbocycles. The van der Waals surface area contributed by atoms with Gasteiger partial charge in [0.05, 0.1) is 6.54 Å². The van der Waals surface area contributed by atoms with Gasteiger partial charge in [0.25, 0.3) is 0 Å². The Balaban J connectivity index is 1.93. The lowest BCUT2D eigenvalue weighted by molar-refractivity contribution is -0.970. The summed E-state index contributed by atoms with van der Waals surface area (Å²) in [7, 11) is 0. The summed E-state index contributed by atoms with van der Waals surface area (Å²) in [6.45, 7) is 5.64. The number of hydrogen-bond donors (Lipinski definition) is 2. The summed E-state index contributed by atoms with van der Waals surface area (Å²) in [5, 5.41) is 2.50. The van der Waals surface area contributed by atoms with Crippen LogP contribution in [0.1, 0.15) is 25.7 Å². The molecule has 0 radical (unpaired) electrons. The second kappa shape index (κ2) is 3.55. The highest BCUT2D eigenvalue weighted by molar-refractivity contribution is 4.60. The third kappa shape index (κ3) is 1.74. The third-order valence-electron chi connectivity index (χ3n) is 3.25. The van der Waals surface area contributed by atoms with Crippen LogP contribution in [-0.2, 0) is 0 Å². The molecule has 11 heavy (non-hydrogen) atoms. The largest absolute Gasteiger partial charge is 0.337 e. The van der Waals surface area contributed by atoms with Gasteiger partial charge in [-0.25, -0.2) is 0 Å². The van der Waals surface area contributed by atoms with Crippen LogP contribution in [0, 0.1) is 0 Å². The quantitative estimate of drug-likeness (QED) is 0.421. The van der Waals surface area contributed by atoms with Crippen molar-refractivity contribution in [2.24, 2.45) is 0 Å². The molecule has 2 aliphatic rings.